The largest absolute Gasteiger partial charge is 0.311 e. The number of rotatable bonds is 2. The van der Waals surface area contributed by atoms with Crippen molar-refractivity contribution >= 4 is 24.2 Å². The van der Waals surface area contributed by atoms with Crippen LogP contribution in [0, 0.1) is 5.82 Å². The molecule has 0 saturated carbocycles. The molecule has 0 atom stereocenters. The molecule has 0 aliphatic carbocycles. The van der Waals surface area contributed by atoms with Crippen LogP contribution >= 0.6 is 12.6 Å². The lowest BCUT2D eigenvalue weighted by Crippen LogP contribution is -2.26. The average molecular weight is 261 g/mol. The maximum absolute atomic E-state index is 12.8. The van der Waals surface area contributed by atoms with Crippen LogP contribution in [-0.4, -0.2) is 13.0 Å². The standard InChI is InChI=1S/C14H12FNOS/c1-16(12-6-4-11(15)5-7-12)14(17)10-2-8-13(18)9-3-10/h2-9,18H,1H3. The molecule has 0 radical (unpaired) electrons. The van der Waals surface area contributed by atoms with Crippen LogP contribution in [0.1, 0.15) is 10.4 Å². The predicted molar refractivity (Wildman–Crippen MR) is 72.8 cm³/mol. The molecular formula is C14H12FNOS. The Hall–Kier alpha value is -1.81. The maximum Gasteiger partial charge on any atom is 0.258 e. The van der Waals surface area contributed by atoms with E-state index < -0.39 is 0 Å². The quantitative estimate of drug-likeness (QED) is 0.822. The lowest BCUT2D eigenvalue weighted by Gasteiger charge is -2.17. The van der Waals surface area contributed by atoms with Crippen LogP contribution in [0.3, 0.4) is 0 Å². The molecule has 0 aliphatic heterocycles. The lowest BCUT2D eigenvalue weighted by molar-refractivity contribution is 0.0993. The Morgan fingerprint density at radius 2 is 1.61 bits per heavy atom. The molecule has 0 spiro atoms. The third-order valence-electron chi connectivity index (χ3n) is 2.63. The highest BCUT2D eigenvalue weighted by Crippen LogP contribution is 2.17. The van der Waals surface area contributed by atoms with Crippen LogP contribution < -0.4 is 4.90 Å². The molecule has 2 rings (SSSR count). The van der Waals surface area contributed by atoms with Gasteiger partial charge in [-0.2, -0.15) is 0 Å². The summed E-state index contributed by atoms with van der Waals surface area (Å²) < 4.78 is 12.8. The normalized spacial score (nSPS) is 10.2. The van der Waals surface area contributed by atoms with Gasteiger partial charge in [-0.25, -0.2) is 4.39 Å². The minimum atomic E-state index is -0.320. The Kier molecular flexibility index (Phi) is 3.67. The first-order valence-corrected chi connectivity index (χ1v) is 5.85. The number of anilines is 1. The van der Waals surface area contributed by atoms with Gasteiger partial charge in [0.25, 0.3) is 5.91 Å². The Bertz CT molecular complexity index is 551. The van der Waals surface area contributed by atoms with Gasteiger partial charge in [0.15, 0.2) is 0 Å². The zero-order valence-electron chi connectivity index (χ0n) is 9.80. The summed E-state index contributed by atoms with van der Waals surface area (Å²) in [5.41, 5.74) is 1.22. The van der Waals surface area contributed by atoms with Gasteiger partial charge in [0.2, 0.25) is 0 Å². The van der Waals surface area contributed by atoms with E-state index in [9.17, 15) is 9.18 Å². The third-order valence-corrected chi connectivity index (χ3v) is 2.93. The second-order valence-corrected chi connectivity index (χ2v) is 4.40. The second-order valence-electron chi connectivity index (χ2n) is 3.89. The van der Waals surface area contributed by atoms with E-state index in [1.807, 2.05) is 0 Å². The topological polar surface area (TPSA) is 20.3 Å². The van der Waals surface area contributed by atoms with Crippen molar-refractivity contribution in [3.8, 4) is 0 Å². The van der Waals surface area contributed by atoms with Gasteiger partial charge in [0, 0.05) is 23.2 Å². The highest BCUT2D eigenvalue weighted by Gasteiger charge is 2.12. The van der Waals surface area contributed by atoms with Crippen molar-refractivity contribution in [1.29, 1.82) is 0 Å². The third kappa shape index (κ3) is 2.71. The fourth-order valence-corrected chi connectivity index (χ4v) is 1.73. The van der Waals surface area contributed by atoms with E-state index in [2.05, 4.69) is 12.6 Å². The van der Waals surface area contributed by atoms with Gasteiger partial charge < -0.3 is 4.90 Å². The fraction of sp³-hybridized carbons (Fsp3) is 0.0714. The zero-order valence-corrected chi connectivity index (χ0v) is 10.7. The van der Waals surface area contributed by atoms with Crippen LogP contribution in [0.2, 0.25) is 0 Å². The molecule has 0 saturated heterocycles. The molecule has 2 aromatic rings. The number of benzene rings is 2. The first-order valence-electron chi connectivity index (χ1n) is 5.40. The molecule has 0 bridgehead atoms. The van der Waals surface area contributed by atoms with Gasteiger partial charge in [0.05, 0.1) is 0 Å². The fourth-order valence-electron chi connectivity index (χ4n) is 1.58. The van der Waals surface area contributed by atoms with Crippen molar-refractivity contribution < 1.29 is 9.18 Å². The van der Waals surface area contributed by atoms with E-state index >= 15 is 0 Å². The summed E-state index contributed by atoms with van der Waals surface area (Å²) >= 11 is 4.17. The molecule has 92 valence electrons. The smallest absolute Gasteiger partial charge is 0.258 e. The molecule has 0 aliphatic rings. The van der Waals surface area contributed by atoms with Crippen molar-refractivity contribution in [2.45, 2.75) is 4.90 Å². The number of halogens is 1. The first-order chi connectivity index (χ1) is 8.58. The molecule has 0 unspecified atom stereocenters. The number of hydrogen-bond acceptors (Lipinski definition) is 2. The monoisotopic (exact) mass is 261 g/mol. The van der Waals surface area contributed by atoms with Crippen molar-refractivity contribution in [1.82, 2.24) is 0 Å². The molecule has 2 aromatic carbocycles. The predicted octanol–water partition coefficient (Wildman–Crippen LogP) is 3.39. The molecule has 0 heterocycles. The Balaban J connectivity index is 2.23. The Labute approximate surface area is 110 Å². The van der Waals surface area contributed by atoms with Gasteiger partial charge in [-0.15, -0.1) is 12.6 Å². The summed E-state index contributed by atoms with van der Waals surface area (Å²) in [7, 11) is 1.66. The molecule has 0 N–H and O–H groups in total. The highest BCUT2D eigenvalue weighted by atomic mass is 32.1. The summed E-state index contributed by atoms with van der Waals surface area (Å²) in [4.78, 5) is 14.4. The van der Waals surface area contributed by atoms with E-state index in [-0.39, 0.29) is 11.7 Å². The number of carbonyl (C=O) groups excluding carboxylic acids is 1. The number of hydrogen-bond donors (Lipinski definition) is 1. The second kappa shape index (κ2) is 5.23. The molecule has 2 nitrogen and oxygen atoms in total. The van der Waals surface area contributed by atoms with Gasteiger partial charge in [-0.05, 0) is 48.5 Å². The summed E-state index contributed by atoms with van der Waals surface area (Å²) in [6, 6.07) is 12.7. The minimum Gasteiger partial charge on any atom is -0.311 e. The van der Waals surface area contributed by atoms with Crippen LogP contribution in [0.25, 0.3) is 0 Å². The molecule has 4 heteroatoms. The van der Waals surface area contributed by atoms with E-state index in [0.29, 0.717) is 11.3 Å². The SMILES string of the molecule is CN(C(=O)c1ccc(S)cc1)c1ccc(F)cc1. The van der Waals surface area contributed by atoms with Crippen molar-refractivity contribution in [3.63, 3.8) is 0 Å². The van der Waals surface area contributed by atoms with Gasteiger partial charge in [0.1, 0.15) is 5.82 Å². The van der Waals surface area contributed by atoms with E-state index in [1.54, 1.807) is 43.4 Å². The van der Waals surface area contributed by atoms with Crippen LogP contribution in [0.15, 0.2) is 53.4 Å². The van der Waals surface area contributed by atoms with Gasteiger partial charge >= 0.3 is 0 Å². The Morgan fingerprint density at radius 3 is 2.17 bits per heavy atom. The Morgan fingerprint density at radius 1 is 1.06 bits per heavy atom. The van der Waals surface area contributed by atoms with Crippen molar-refractivity contribution in [3.05, 3.63) is 59.9 Å². The van der Waals surface area contributed by atoms with E-state index in [1.165, 1.54) is 17.0 Å². The highest BCUT2D eigenvalue weighted by molar-refractivity contribution is 7.80. The average Bonchev–Trinajstić information content (AvgIpc) is 2.39. The van der Waals surface area contributed by atoms with Crippen molar-refractivity contribution in [2.24, 2.45) is 0 Å². The number of nitrogens with zero attached hydrogens (tertiary/aromatic N) is 1. The molecule has 18 heavy (non-hydrogen) atoms. The molecule has 1 amide bonds. The maximum atomic E-state index is 12.8. The lowest BCUT2D eigenvalue weighted by atomic mass is 10.2. The van der Waals surface area contributed by atoms with Gasteiger partial charge in [-0.1, -0.05) is 0 Å². The molecular weight excluding hydrogens is 249 g/mol. The number of carbonyl (C=O) groups is 1. The summed E-state index contributed by atoms with van der Waals surface area (Å²) in [5.74, 6) is -0.464. The summed E-state index contributed by atoms with van der Waals surface area (Å²) in [6.07, 6.45) is 0. The first kappa shape index (κ1) is 12.6. The van der Waals surface area contributed by atoms with Gasteiger partial charge in [-0.3, -0.25) is 4.79 Å². The van der Waals surface area contributed by atoms with Crippen LogP contribution in [0.4, 0.5) is 10.1 Å². The molecule has 0 fully saturated rings. The number of thiol groups is 1. The van der Waals surface area contributed by atoms with Crippen LogP contribution in [0.5, 0.6) is 0 Å². The molecule has 0 aromatic heterocycles. The zero-order chi connectivity index (χ0) is 13.1. The van der Waals surface area contributed by atoms with Crippen molar-refractivity contribution in [2.75, 3.05) is 11.9 Å². The summed E-state index contributed by atoms with van der Waals surface area (Å²) in [5, 5.41) is 0. The minimum absolute atomic E-state index is 0.144. The van der Waals surface area contributed by atoms with E-state index in [4.69, 9.17) is 0 Å². The van der Waals surface area contributed by atoms with E-state index in [0.717, 1.165) is 4.90 Å². The van der Waals surface area contributed by atoms with Crippen LogP contribution in [-0.2, 0) is 0 Å². The summed E-state index contributed by atoms with van der Waals surface area (Å²) in [6.45, 7) is 0. The number of amides is 1.